The topological polar surface area (TPSA) is 52.6 Å². The molecule has 2 rings (SSSR count). The number of urea groups is 1. The smallest absolute Gasteiger partial charge is 0.321 e. The molecule has 0 bridgehead atoms. The van der Waals surface area contributed by atoms with Crippen LogP contribution in [0.5, 0.6) is 0 Å². The highest BCUT2D eigenvalue weighted by Gasteiger charge is 2.30. The minimum absolute atomic E-state index is 0.140. The molecule has 2 amide bonds. The molecule has 1 aliphatic rings. The fourth-order valence-corrected chi connectivity index (χ4v) is 2.23. The van der Waals surface area contributed by atoms with Gasteiger partial charge in [0.1, 0.15) is 0 Å². The Morgan fingerprint density at radius 1 is 1.39 bits per heavy atom. The molecule has 1 atom stereocenters. The lowest BCUT2D eigenvalue weighted by Crippen LogP contribution is -2.49. The average Bonchev–Trinajstić information content (AvgIpc) is 2.31. The van der Waals surface area contributed by atoms with Crippen molar-refractivity contribution in [2.45, 2.75) is 32.3 Å². The molecule has 1 saturated heterocycles. The summed E-state index contributed by atoms with van der Waals surface area (Å²) in [5.74, 6) is 0. The predicted octanol–water partition coefficient (Wildman–Crippen LogP) is 2.37. The van der Waals surface area contributed by atoms with E-state index >= 15 is 0 Å². The Hall–Kier alpha value is -1.55. The van der Waals surface area contributed by atoms with E-state index in [2.05, 4.69) is 5.32 Å². The number of amides is 2. The van der Waals surface area contributed by atoms with Gasteiger partial charge < -0.3 is 15.3 Å². The SMILES string of the molecule is Cc1ccc(NC(=O)N2CCCC(C)(O)C2)cc1. The quantitative estimate of drug-likeness (QED) is 0.801. The third kappa shape index (κ3) is 3.23. The third-order valence-corrected chi connectivity index (χ3v) is 3.26. The number of aryl methyl sites for hydroxylation is 1. The molecular weight excluding hydrogens is 228 g/mol. The molecule has 0 saturated carbocycles. The zero-order valence-corrected chi connectivity index (χ0v) is 10.9. The summed E-state index contributed by atoms with van der Waals surface area (Å²) >= 11 is 0. The van der Waals surface area contributed by atoms with E-state index in [1.807, 2.05) is 31.2 Å². The first kappa shape index (κ1) is 12.9. The maximum atomic E-state index is 12.0. The van der Waals surface area contributed by atoms with Crippen LogP contribution in [0.3, 0.4) is 0 Å². The summed E-state index contributed by atoms with van der Waals surface area (Å²) in [7, 11) is 0. The summed E-state index contributed by atoms with van der Waals surface area (Å²) in [5, 5.41) is 12.8. The van der Waals surface area contributed by atoms with Crippen molar-refractivity contribution in [2.75, 3.05) is 18.4 Å². The van der Waals surface area contributed by atoms with Gasteiger partial charge in [-0.25, -0.2) is 4.79 Å². The van der Waals surface area contributed by atoms with Crippen molar-refractivity contribution in [1.82, 2.24) is 4.90 Å². The third-order valence-electron chi connectivity index (χ3n) is 3.26. The highest BCUT2D eigenvalue weighted by atomic mass is 16.3. The second-order valence-electron chi connectivity index (χ2n) is 5.32. The Morgan fingerprint density at radius 3 is 2.67 bits per heavy atom. The lowest BCUT2D eigenvalue weighted by molar-refractivity contribution is -0.000634. The number of piperidine rings is 1. The first-order chi connectivity index (χ1) is 8.46. The van der Waals surface area contributed by atoms with Crippen LogP contribution in [0.15, 0.2) is 24.3 Å². The number of likely N-dealkylation sites (tertiary alicyclic amines) is 1. The van der Waals surface area contributed by atoms with Crippen molar-refractivity contribution in [3.63, 3.8) is 0 Å². The van der Waals surface area contributed by atoms with Gasteiger partial charge in [0.05, 0.1) is 12.1 Å². The van der Waals surface area contributed by atoms with Crippen molar-refractivity contribution >= 4 is 11.7 Å². The zero-order valence-electron chi connectivity index (χ0n) is 10.9. The number of nitrogens with zero attached hydrogens (tertiary/aromatic N) is 1. The number of rotatable bonds is 1. The largest absolute Gasteiger partial charge is 0.388 e. The van der Waals surface area contributed by atoms with E-state index in [-0.39, 0.29) is 6.03 Å². The predicted molar refractivity (Wildman–Crippen MR) is 71.6 cm³/mol. The number of hydrogen-bond donors (Lipinski definition) is 2. The number of carbonyl (C=O) groups excluding carboxylic acids is 1. The minimum Gasteiger partial charge on any atom is -0.388 e. The summed E-state index contributed by atoms with van der Waals surface area (Å²) in [4.78, 5) is 13.7. The fraction of sp³-hybridized carbons (Fsp3) is 0.500. The van der Waals surface area contributed by atoms with Crippen LogP contribution in [0.2, 0.25) is 0 Å². The lowest BCUT2D eigenvalue weighted by Gasteiger charge is -2.36. The van der Waals surface area contributed by atoms with E-state index < -0.39 is 5.60 Å². The summed E-state index contributed by atoms with van der Waals surface area (Å²) in [5.41, 5.74) is 1.19. The monoisotopic (exact) mass is 248 g/mol. The van der Waals surface area contributed by atoms with Gasteiger partial charge in [0, 0.05) is 12.2 Å². The Kier molecular flexibility index (Phi) is 3.57. The average molecular weight is 248 g/mol. The number of carbonyl (C=O) groups is 1. The van der Waals surface area contributed by atoms with E-state index in [1.54, 1.807) is 11.8 Å². The Bertz CT molecular complexity index is 426. The second kappa shape index (κ2) is 4.98. The molecular formula is C14H20N2O2. The van der Waals surface area contributed by atoms with Gasteiger partial charge in [0.25, 0.3) is 0 Å². The van der Waals surface area contributed by atoms with Crippen molar-refractivity contribution in [3.05, 3.63) is 29.8 Å². The van der Waals surface area contributed by atoms with Crippen LogP contribution in [-0.2, 0) is 0 Å². The van der Waals surface area contributed by atoms with Crippen molar-refractivity contribution in [3.8, 4) is 0 Å². The number of hydrogen-bond acceptors (Lipinski definition) is 2. The van der Waals surface area contributed by atoms with E-state index in [4.69, 9.17) is 0 Å². The van der Waals surface area contributed by atoms with E-state index in [1.165, 1.54) is 0 Å². The lowest BCUT2D eigenvalue weighted by atomic mass is 9.95. The van der Waals surface area contributed by atoms with Gasteiger partial charge in [-0.05, 0) is 38.8 Å². The molecule has 18 heavy (non-hydrogen) atoms. The molecule has 98 valence electrons. The minimum atomic E-state index is -0.761. The van der Waals surface area contributed by atoms with E-state index in [0.29, 0.717) is 13.1 Å². The number of benzene rings is 1. The van der Waals surface area contributed by atoms with Crippen LogP contribution in [0.1, 0.15) is 25.3 Å². The van der Waals surface area contributed by atoms with E-state index in [0.717, 1.165) is 24.1 Å². The second-order valence-corrected chi connectivity index (χ2v) is 5.32. The Labute approximate surface area is 108 Å². The standard InChI is InChI=1S/C14H20N2O2/c1-11-4-6-12(7-5-11)15-13(17)16-9-3-8-14(2,18)10-16/h4-7,18H,3,8-10H2,1-2H3,(H,15,17). The molecule has 1 heterocycles. The van der Waals surface area contributed by atoms with Crippen LogP contribution in [0.25, 0.3) is 0 Å². The summed E-state index contributed by atoms with van der Waals surface area (Å²) in [6.07, 6.45) is 1.59. The van der Waals surface area contributed by atoms with Crippen LogP contribution < -0.4 is 5.32 Å². The number of β-amino-alcohol motifs (C(OH)–C–C–N with tert-alkyl or cyclic N) is 1. The molecule has 1 aromatic rings. The van der Waals surface area contributed by atoms with Gasteiger partial charge in [-0.3, -0.25) is 0 Å². The molecule has 2 N–H and O–H groups in total. The zero-order chi connectivity index (χ0) is 13.2. The maximum Gasteiger partial charge on any atom is 0.321 e. The van der Waals surface area contributed by atoms with Crippen LogP contribution in [-0.4, -0.2) is 34.7 Å². The van der Waals surface area contributed by atoms with Crippen LogP contribution >= 0.6 is 0 Å². The molecule has 4 nitrogen and oxygen atoms in total. The molecule has 0 aromatic heterocycles. The van der Waals surface area contributed by atoms with Crippen LogP contribution in [0, 0.1) is 6.92 Å². The van der Waals surface area contributed by atoms with Crippen molar-refractivity contribution < 1.29 is 9.90 Å². The normalized spacial score (nSPS) is 23.8. The number of aliphatic hydroxyl groups is 1. The van der Waals surface area contributed by atoms with Gasteiger partial charge in [0.2, 0.25) is 0 Å². The van der Waals surface area contributed by atoms with Crippen molar-refractivity contribution in [1.29, 1.82) is 0 Å². The number of anilines is 1. The van der Waals surface area contributed by atoms with Gasteiger partial charge in [-0.15, -0.1) is 0 Å². The van der Waals surface area contributed by atoms with Gasteiger partial charge in [-0.2, -0.15) is 0 Å². The molecule has 0 spiro atoms. The van der Waals surface area contributed by atoms with Crippen molar-refractivity contribution in [2.24, 2.45) is 0 Å². The molecule has 1 fully saturated rings. The fourth-order valence-electron chi connectivity index (χ4n) is 2.23. The van der Waals surface area contributed by atoms with Crippen LogP contribution in [0.4, 0.5) is 10.5 Å². The van der Waals surface area contributed by atoms with Gasteiger partial charge in [-0.1, -0.05) is 17.7 Å². The van der Waals surface area contributed by atoms with Gasteiger partial charge >= 0.3 is 6.03 Å². The first-order valence-corrected chi connectivity index (χ1v) is 6.31. The van der Waals surface area contributed by atoms with Gasteiger partial charge in [0.15, 0.2) is 0 Å². The Morgan fingerprint density at radius 2 is 2.06 bits per heavy atom. The Balaban J connectivity index is 1.97. The molecule has 0 aliphatic carbocycles. The summed E-state index contributed by atoms with van der Waals surface area (Å²) in [6.45, 7) is 4.88. The first-order valence-electron chi connectivity index (χ1n) is 6.31. The summed E-state index contributed by atoms with van der Waals surface area (Å²) in [6, 6.07) is 7.55. The maximum absolute atomic E-state index is 12.0. The summed E-state index contributed by atoms with van der Waals surface area (Å²) < 4.78 is 0. The highest BCUT2D eigenvalue weighted by Crippen LogP contribution is 2.21. The molecule has 0 radical (unpaired) electrons. The molecule has 1 unspecified atom stereocenters. The van der Waals surface area contributed by atoms with E-state index in [9.17, 15) is 9.90 Å². The number of nitrogens with one attached hydrogen (secondary N) is 1. The molecule has 1 aliphatic heterocycles. The highest BCUT2D eigenvalue weighted by molar-refractivity contribution is 5.89. The molecule has 4 heteroatoms. The molecule has 1 aromatic carbocycles.